The molecular weight excluding hydrogens is 298 g/mol. The van der Waals surface area contributed by atoms with Gasteiger partial charge in [0.2, 0.25) is 0 Å². The molecule has 1 N–H and O–H groups in total. The number of hydrogen-bond acceptors (Lipinski definition) is 1. The highest BCUT2D eigenvalue weighted by Crippen LogP contribution is 2.18. The van der Waals surface area contributed by atoms with Crippen LogP contribution < -0.4 is 5.32 Å². The normalized spacial score (nSPS) is 10.2. The van der Waals surface area contributed by atoms with Crippen LogP contribution in [0.4, 0.5) is 5.69 Å². The van der Waals surface area contributed by atoms with Gasteiger partial charge in [-0.05, 0) is 29.3 Å². The SMILES string of the molecule is ClCc1cccc(NCc2ccccc2Br)c1. The Kier molecular flexibility index (Phi) is 4.46. The molecule has 2 rings (SSSR count). The van der Waals surface area contributed by atoms with Crippen LogP contribution in [-0.4, -0.2) is 0 Å². The van der Waals surface area contributed by atoms with E-state index in [2.05, 4.69) is 33.4 Å². The van der Waals surface area contributed by atoms with Crippen molar-refractivity contribution in [3.63, 3.8) is 0 Å². The molecule has 0 aliphatic rings. The molecule has 1 nitrogen and oxygen atoms in total. The van der Waals surface area contributed by atoms with E-state index >= 15 is 0 Å². The summed E-state index contributed by atoms with van der Waals surface area (Å²) in [5.74, 6) is 0.546. The maximum absolute atomic E-state index is 5.81. The Morgan fingerprint density at radius 3 is 2.65 bits per heavy atom. The first-order valence-corrected chi connectivity index (χ1v) is 6.74. The lowest BCUT2D eigenvalue weighted by Crippen LogP contribution is -2.00. The molecule has 0 aliphatic carbocycles. The monoisotopic (exact) mass is 309 g/mol. The quantitative estimate of drug-likeness (QED) is 0.800. The van der Waals surface area contributed by atoms with E-state index < -0.39 is 0 Å². The van der Waals surface area contributed by atoms with Gasteiger partial charge in [-0.3, -0.25) is 0 Å². The molecule has 0 amide bonds. The van der Waals surface area contributed by atoms with Crippen molar-refractivity contribution in [1.29, 1.82) is 0 Å². The van der Waals surface area contributed by atoms with Crippen molar-refractivity contribution < 1.29 is 0 Å². The van der Waals surface area contributed by atoms with E-state index in [-0.39, 0.29) is 0 Å². The van der Waals surface area contributed by atoms with Gasteiger partial charge in [0, 0.05) is 22.6 Å². The fraction of sp³-hybridized carbons (Fsp3) is 0.143. The highest BCUT2D eigenvalue weighted by molar-refractivity contribution is 9.10. The van der Waals surface area contributed by atoms with Gasteiger partial charge in [0.1, 0.15) is 0 Å². The highest BCUT2D eigenvalue weighted by atomic mass is 79.9. The maximum atomic E-state index is 5.81. The molecule has 0 heterocycles. The fourth-order valence-corrected chi connectivity index (χ4v) is 2.19. The van der Waals surface area contributed by atoms with E-state index in [0.29, 0.717) is 5.88 Å². The van der Waals surface area contributed by atoms with Gasteiger partial charge < -0.3 is 5.32 Å². The van der Waals surface area contributed by atoms with Crippen LogP contribution >= 0.6 is 27.5 Å². The number of alkyl halides is 1. The van der Waals surface area contributed by atoms with Crippen molar-refractivity contribution in [3.05, 3.63) is 64.1 Å². The smallest absolute Gasteiger partial charge is 0.0474 e. The zero-order valence-electron chi connectivity index (χ0n) is 9.29. The molecule has 0 spiro atoms. The molecule has 3 heteroatoms. The van der Waals surface area contributed by atoms with E-state index in [1.165, 1.54) is 5.56 Å². The number of hydrogen-bond donors (Lipinski definition) is 1. The topological polar surface area (TPSA) is 12.0 Å². The van der Waals surface area contributed by atoms with Crippen molar-refractivity contribution in [2.75, 3.05) is 5.32 Å². The predicted octanol–water partition coefficient (Wildman–Crippen LogP) is 4.80. The van der Waals surface area contributed by atoms with Crippen LogP contribution in [0, 0.1) is 0 Å². The van der Waals surface area contributed by atoms with Gasteiger partial charge in [-0.2, -0.15) is 0 Å². The highest BCUT2D eigenvalue weighted by Gasteiger charge is 1.99. The van der Waals surface area contributed by atoms with E-state index in [1.807, 2.05) is 36.4 Å². The van der Waals surface area contributed by atoms with E-state index in [1.54, 1.807) is 0 Å². The minimum atomic E-state index is 0.546. The average Bonchev–Trinajstić information content (AvgIpc) is 2.38. The summed E-state index contributed by atoms with van der Waals surface area (Å²) in [6.07, 6.45) is 0. The summed E-state index contributed by atoms with van der Waals surface area (Å²) in [6.45, 7) is 0.799. The Bertz CT molecular complexity index is 499. The van der Waals surface area contributed by atoms with Crippen LogP contribution in [0.15, 0.2) is 53.0 Å². The summed E-state index contributed by atoms with van der Waals surface area (Å²) in [4.78, 5) is 0. The lowest BCUT2D eigenvalue weighted by atomic mass is 10.2. The summed E-state index contributed by atoms with van der Waals surface area (Å²) in [5, 5.41) is 3.39. The molecule has 0 saturated heterocycles. The zero-order valence-corrected chi connectivity index (χ0v) is 11.6. The third-order valence-corrected chi connectivity index (χ3v) is 3.60. The molecule has 2 aromatic carbocycles. The number of rotatable bonds is 4. The molecule has 0 atom stereocenters. The van der Waals surface area contributed by atoms with Crippen LogP contribution in [0.1, 0.15) is 11.1 Å². The average molecular weight is 311 g/mol. The Morgan fingerprint density at radius 1 is 1.06 bits per heavy atom. The second kappa shape index (κ2) is 6.08. The minimum absolute atomic E-state index is 0.546. The first-order chi connectivity index (χ1) is 8.29. The Hall–Kier alpha value is -0.990. The van der Waals surface area contributed by atoms with Crippen molar-refractivity contribution >= 4 is 33.2 Å². The molecule has 0 aromatic heterocycles. The van der Waals surface area contributed by atoms with Crippen molar-refractivity contribution in [3.8, 4) is 0 Å². The summed E-state index contributed by atoms with van der Waals surface area (Å²) in [6, 6.07) is 16.4. The standard InChI is InChI=1S/C14H13BrClN/c15-14-7-2-1-5-12(14)10-17-13-6-3-4-11(8-13)9-16/h1-8,17H,9-10H2. The first kappa shape index (κ1) is 12.5. The molecule has 0 saturated carbocycles. The Balaban J connectivity index is 2.05. The second-order valence-corrected chi connectivity index (χ2v) is 4.90. The molecular formula is C14H13BrClN. The van der Waals surface area contributed by atoms with Crippen molar-refractivity contribution in [1.82, 2.24) is 0 Å². The van der Waals surface area contributed by atoms with E-state index in [0.717, 1.165) is 22.3 Å². The second-order valence-electron chi connectivity index (χ2n) is 3.78. The van der Waals surface area contributed by atoms with Gasteiger partial charge >= 0.3 is 0 Å². The van der Waals surface area contributed by atoms with Gasteiger partial charge in [-0.15, -0.1) is 11.6 Å². The Morgan fingerprint density at radius 2 is 1.88 bits per heavy atom. The van der Waals surface area contributed by atoms with Gasteiger partial charge in [0.05, 0.1) is 0 Å². The largest absolute Gasteiger partial charge is 0.381 e. The fourth-order valence-electron chi connectivity index (χ4n) is 1.60. The van der Waals surface area contributed by atoms with Crippen LogP contribution in [0.2, 0.25) is 0 Å². The lowest BCUT2D eigenvalue weighted by molar-refractivity contribution is 1.13. The van der Waals surface area contributed by atoms with Crippen LogP contribution in [0.3, 0.4) is 0 Å². The third-order valence-electron chi connectivity index (χ3n) is 2.52. The molecule has 0 fully saturated rings. The van der Waals surface area contributed by atoms with Gasteiger partial charge in [-0.1, -0.05) is 46.3 Å². The molecule has 2 aromatic rings. The van der Waals surface area contributed by atoms with Gasteiger partial charge in [0.25, 0.3) is 0 Å². The molecule has 0 aliphatic heterocycles. The number of nitrogens with one attached hydrogen (secondary N) is 1. The lowest BCUT2D eigenvalue weighted by Gasteiger charge is -2.09. The van der Waals surface area contributed by atoms with Gasteiger partial charge in [0.15, 0.2) is 0 Å². The summed E-state index contributed by atoms with van der Waals surface area (Å²) in [5.41, 5.74) is 3.46. The minimum Gasteiger partial charge on any atom is -0.381 e. The zero-order chi connectivity index (χ0) is 12.1. The Labute approximate surface area is 115 Å². The maximum Gasteiger partial charge on any atom is 0.0474 e. The molecule has 17 heavy (non-hydrogen) atoms. The van der Waals surface area contributed by atoms with Crippen molar-refractivity contribution in [2.45, 2.75) is 12.4 Å². The molecule has 88 valence electrons. The van der Waals surface area contributed by atoms with E-state index in [9.17, 15) is 0 Å². The summed E-state index contributed by atoms with van der Waals surface area (Å²) < 4.78 is 1.13. The number of benzene rings is 2. The summed E-state index contributed by atoms with van der Waals surface area (Å²) in [7, 11) is 0. The third kappa shape index (κ3) is 3.48. The van der Waals surface area contributed by atoms with Crippen LogP contribution in [0.25, 0.3) is 0 Å². The molecule has 0 radical (unpaired) electrons. The first-order valence-electron chi connectivity index (χ1n) is 5.42. The van der Waals surface area contributed by atoms with Gasteiger partial charge in [-0.25, -0.2) is 0 Å². The molecule has 0 unspecified atom stereocenters. The molecule has 0 bridgehead atoms. The van der Waals surface area contributed by atoms with Crippen LogP contribution in [-0.2, 0) is 12.4 Å². The number of anilines is 1. The van der Waals surface area contributed by atoms with Crippen LogP contribution in [0.5, 0.6) is 0 Å². The summed E-state index contributed by atoms with van der Waals surface area (Å²) >= 11 is 9.34. The van der Waals surface area contributed by atoms with E-state index in [4.69, 9.17) is 11.6 Å². The predicted molar refractivity (Wildman–Crippen MR) is 77.5 cm³/mol. The number of halogens is 2. The van der Waals surface area contributed by atoms with Crippen molar-refractivity contribution in [2.24, 2.45) is 0 Å².